The molecule has 2 rings (SSSR count). The fraction of sp³-hybridized carbons (Fsp3) is 0.417. The minimum absolute atomic E-state index is 0.811. The lowest BCUT2D eigenvalue weighted by atomic mass is 10.3. The lowest BCUT2D eigenvalue weighted by molar-refractivity contribution is 0.660. The molecule has 0 saturated heterocycles. The Kier molecular flexibility index (Phi) is 2.99. The summed E-state index contributed by atoms with van der Waals surface area (Å²) in [5.41, 5.74) is 2.45. The van der Waals surface area contributed by atoms with Gasteiger partial charge in [0.1, 0.15) is 0 Å². The molecule has 0 aromatic carbocycles. The molecule has 0 fully saturated rings. The van der Waals surface area contributed by atoms with Crippen molar-refractivity contribution in [2.45, 2.75) is 26.9 Å². The fourth-order valence-corrected chi connectivity index (χ4v) is 1.71. The van der Waals surface area contributed by atoms with Crippen molar-refractivity contribution in [3.05, 3.63) is 35.8 Å². The predicted molar refractivity (Wildman–Crippen MR) is 65.4 cm³/mol. The maximum atomic E-state index is 4.45. The van der Waals surface area contributed by atoms with Crippen LogP contribution in [0.1, 0.15) is 18.2 Å². The molecular formula is C12H18N4. The van der Waals surface area contributed by atoms with E-state index < -0.39 is 0 Å². The number of anilines is 1. The Labute approximate surface area is 95.9 Å². The van der Waals surface area contributed by atoms with Gasteiger partial charge in [0.2, 0.25) is 0 Å². The van der Waals surface area contributed by atoms with Gasteiger partial charge in [-0.25, -0.2) is 0 Å². The van der Waals surface area contributed by atoms with Crippen LogP contribution in [0, 0.1) is 6.92 Å². The van der Waals surface area contributed by atoms with Gasteiger partial charge in [-0.2, -0.15) is 5.10 Å². The average molecular weight is 218 g/mol. The van der Waals surface area contributed by atoms with E-state index in [1.807, 2.05) is 4.68 Å². The van der Waals surface area contributed by atoms with Crippen LogP contribution < -0.4 is 5.32 Å². The first-order chi connectivity index (χ1) is 7.70. The Morgan fingerprint density at radius 1 is 1.44 bits per heavy atom. The summed E-state index contributed by atoms with van der Waals surface area (Å²) in [7, 11) is 2.05. The summed E-state index contributed by atoms with van der Waals surface area (Å²) in [5.74, 6) is 0.975. The number of nitrogens with one attached hydrogen (secondary N) is 1. The van der Waals surface area contributed by atoms with Gasteiger partial charge in [0.15, 0.2) is 5.82 Å². The molecule has 2 heterocycles. The van der Waals surface area contributed by atoms with Crippen molar-refractivity contribution in [1.29, 1.82) is 0 Å². The Morgan fingerprint density at radius 3 is 2.81 bits per heavy atom. The van der Waals surface area contributed by atoms with Gasteiger partial charge in [-0.15, -0.1) is 0 Å². The number of rotatable bonds is 4. The van der Waals surface area contributed by atoms with Gasteiger partial charge >= 0.3 is 0 Å². The summed E-state index contributed by atoms with van der Waals surface area (Å²) < 4.78 is 4.06. The lowest BCUT2D eigenvalue weighted by Crippen LogP contribution is -2.05. The first-order valence-electron chi connectivity index (χ1n) is 5.59. The van der Waals surface area contributed by atoms with Gasteiger partial charge in [-0.05, 0) is 26.0 Å². The molecular weight excluding hydrogens is 200 g/mol. The van der Waals surface area contributed by atoms with E-state index in [0.717, 1.165) is 18.9 Å². The molecule has 1 N–H and O–H groups in total. The van der Waals surface area contributed by atoms with Crippen molar-refractivity contribution in [2.24, 2.45) is 7.05 Å². The zero-order valence-electron chi connectivity index (χ0n) is 10.1. The van der Waals surface area contributed by atoms with Crippen LogP contribution in [0.3, 0.4) is 0 Å². The molecule has 0 saturated carbocycles. The second kappa shape index (κ2) is 4.43. The minimum atomic E-state index is 0.811. The molecule has 0 radical (unpaired) electrons. The summed E-state index contributed by atoms with van der Waals surface area (Å²) in [6, 6.07) is 4.16. The van der Waals surface area contributed by atoms with Crippen LogP contribution in [0.5, 0.6) is 0 Å². The van der Waals surface area contributed by atoms with E-state index in [1.165, 1.54) is 11.3 Å². The Bertz CT molecular complexity index is 467. The molecule has 0 aliphatic carbocycles. The van der Waals surface area contributed by atoms with Crippen LogP contribution >= 0.6 is 0 Å². The molecule has 0 atom stereocenters. The van der Waals surface area contributed by atoms with Crippen molar-refractivity contribution >= 4 is 5.82 Å². The summed E-state index contributed by atoms with van der Waals surface area (Å²) in [6.45, 7) is 5.89. The maximum absolute atomic E-state index is 4.45. The van der Waals surface area contributed by atoms with E-state index >= 15 is 0 Å². The number of nitrogens with zero attached hydrogens (tertiary/aromatic N) is 3. The molecule has 0 unspecified atom stereocenters. The monoisotopic (exact) mass is 218 g/mol. The summed E-state index contributed by atoms with van der Waals surface area (Å²) in [5, 5.41) is 7.81. The molecule has 0 aliphatic heterocycles. The standard InChI is InChI=1S/C12H18N4/c1-4-16-9-10(2)12(14-16)13-8-11-6-5-7-15(11)3/h5-7,9H,4,8H2,1-3H3,(H,13,14). The average Bonchev–Trinajstić information content (AvgIpc) is 2.82. The van der Waals surface area contributed by atoms with E-state index in [2.05, 4.69) is 60.4 Å². The number of hydrogen-bond donors (Lipinski definition) is 1. The second-order valence-corrected chi connectivity index (χ2v) is 3.98. The van der Waals surface area contributed by atoms with Crippen LogP contribution in [0.2, 0.25) is 0 Å². The predicted octanol–water partition coefficient (Wildman–Crippen LogP) is 2.16. The highest BCUT2D eigenvalue weighted by molar-refractivity contribution is 5.42. The normalized spacial score (nSPS) is 10.7. The van der Waals surface area contributed by atoms with Crippen LogP contribution in [-0.2, 0) is 20.1 Å². The quantitative estimate of drug-likeness (QED) is 0.853. The SMILES string of the molecule is CCn1cc(C)c(NCc2cccn2C)n1. The Morgan fingerprint density at radius 2 is 2.25 bits per heavy atom. The smallest absolute Gasteiger partial charge is 0.151 e. The second-order valence-electron chi connectivity index (χ2n) is 3.98. The van der Waals surface area contributed by atoms with E-state index in [-0.39, 0.29) is 0 Å². The van der Waals surface area contributed by atoms with Crippen molar-refractivity contribution in [2.75, 3.05) is 5.32 Å². The molecule has 16 heavy (non-hydrogen) atoms. The van der Waals surface area contributed by atoms with E-state index in [1.54, 1.807) is 0 Å². The third-order valence-corrected chi connectivity index (χ3v) is 2.76. The maximum Gasteiger partial charge on any atom is 0.151 e. The van der Waals surface area contributed by atoms with Crippen LogP contribution in [0.25, 0.3) is 0 Å². The van der Waals surface area contributed by atoms with E-state index in [0.29, 0.717) is 0 Å². The van der Waals surface area contributed by atoms with Crippen molar-refractivity contribution in [1.82, 2.24) is 14.3 Å². The highest BCUT2D eigenvalue weighted by Gasteiger charge is 2.04. The van der Waals surface area contributed by atoms with Gasteiger partial charge in [-0.1, -0.05) is 0 Å². The first kappa shape index (κ1) is 10.8. The number of aryl methyl sites for hydroxylation is 3. The molecule has 2 aromatic rings. The third kappa shape index (κ3) is 2.10. The Hall–Kier alpha value is -1.71. The minimum Gasteiger partial charge on any atom is -0.363 e. The summed E-state index contributed by atoms with van der Waals surface area (Å²) in [6.07, 6.45) is 4.11. The summed E-state index contributed by atoms with van der Waals surface area (Å²) in [4.78, 5) is 0. The largest absolute Gasteiger partial charge is 0.363 e. The molecule has 4 heteroatoms. The van der Waals surface area contributed by atoms with Crippen LogP contribution in [0.4, 0.5) is 5.82 Å². The third-order valence-electron chi connectivity index (χ3n) is 2.76. The van der Waals surface area contributed by atoms with Gasteiger partial charge in [-0.3, -0.25) is 4.68 Å². The van der Waals surface area contributed by atoms with Crippen LogP contribution in [0.15, 0.2) is 24.5 Å². The topological polar surface area (TPSA) is 34.8 Å². The Balaban J connectivity index is 2.04. The molecule has 0 spiro atoms. The van der Waals surface area contributed by atoms with E-state index in [9.17, 15) is 0 Å². The van der Waals surface area contributed by atoms with Crippen molar-refractivity contribution in [3.63, 3.8) is 0 Å². The molecule has 0 bridgehead atoms. The zero-order valence-corrected chi connectivity index (χ0v) is 10.1. The van der Waals surface area contributed by atoms with Gasteiger partial charge in [0.25, 0.3) is 0 Å². The van der Waals surface area contributed by atoms with Crippen LogP contribution in [-0.4, -0.2) is 14.3 Å². The molecule has 0 aliphatic rings. The number of hydrogen-bond acceptors (Lipinski definition) is 2. The zero-order chi connectivity index (χ0) is 11.5. The van der Waals surface area contributed by atoms with E-state index in [4.69, 9.17) is 0 Å². The van der Waals surface area contributed by atoms with Gasteiger partial charge in [0.05, 0.1) is 6.54 Å². The highest BCUT2D eigenvalue weighted by atomic mass is 15.3. The number of aromatic nitrogens is 3. The summed E-state index contributed by atoms with van der Waals surface area (Å²) >= 11 is 0. The fourth-order valence-electron chi connectivity index (χ4n) is 1.71. The molecule has 2 aromatic heterocycles. The first-order valence-corrected chi connectivity index (χ1v) is 5.59. The van der Waals surface area contributed by atoms with Gasteiger partial charge in [0, 0.05) is 37.2 Å². The van der Waals surface area contributed by atoms with Crippen molar-refractivity contribution < 1.29 is 0 Å². The molecule has 86 valence electrons. The molecule has 0 amide bonds. The molecule has 4 nitrogen and oxygen atoms in total. The van der Waals surface area contributed by atoms with Gasteiger partial charge < -0.3 is 9.88 Å². The van der Waals surface area contributed by atoms with Crippen molar-refractivity contribution in [3.8, 4) is 0 Å². The lowest BCUT2D eigenvalue weighted by Gasteiger charge is -2.05. The highest BCUT2D eigenvalue weighted by Crippen LogP contribution is 2.12.